The van der Waals surface area contributed by atoms with Crippen molar-refractivity contribution in [2.45, 2.75) is 31.6 Å². The third-order valence-electron chi connectivity index (χ3n) is 6.38. The van der Waals surface area contributed by atoms with Gasteiger partial charge < -0.3 is 0 Å². The first-order valence-corrected chi connectivity index (χ1v) is 11.2. The van der Waals surface area contributed by atoms with E-state index >= 15 is 0 Å². The first-order valence-electron chi connectivity index (χ1n) is 11.2. The molecular weight excluding hydrogens is 415 g/mol. The van der Waals surface area contributed by atoms with Crippen LogP contribution < -0.4 is 0 Å². The van der Waals surface area contributed by atoms with Gasteiger partial charge in [-0.25, -0.2) is 4.98 Å². The lowest BCUT2D eigenvalue weighted by molar-refractivity contribution is -0.119. The molecule has 0 bridgehead atoms. The van der Waals surface area contributed by atoms with Crippen LogP contribution in [0.4, 0.5) is 4.39 Å². The van der Waals surface area contributed by atoms with Crippen molar-refractivity contribution < 1.29 is 14.0 Å². The molecule has 2 aromatic carbocycles. The van der Waals surface area contributed by atoms with E-state index in [9.17, 15) is 14.0 Å². The quantitative estimate of drug-likeness (QED) is 0.269. The summed E-state index contributed by atoms with van der Waals surface area (Å²) in [6.45, 7) is 0. The summed E-state index contributed by atoms with van der Waals surface area (Å²) in [6.07, 6.45) is 7.23. The molecule has 4 aromatic rings. The zero-order valence-corrected chi connectivity index (χ0v) is 18.1. The SMILES string of the molecule is O=C(CCc1ccc(F)nc1)c1ccc([C@@H]2C[C@H]2C(=O)Cc2ccc3cnccc3c2)cc1. The number of hydrogen-bond acceptors (Lipinski definition) is 4. The summed E-state index contributed by atoms with van der Waals surface area (Å²) in [5.74, 6) is 0.0665. The maximum Gasteiger partial charge on any atom is 0.212 e. The van der Waals surface area contributed by atoms with Crippen molar-refractivity contribution in [1.82, 2.24) is 9.97 Å². The Morgan fingerprint density at radius 3 is 2.52 bits per heavy atom. The number of pyridine rings is 2. The number of fused-ring (bicyclic) bond motifs is 1. The van der Waals surface area contributed by atoms with Crippen molar-refractivity contribution in [2.24, 2.45) is 5.92 Å². The van der Waals surface area contributed by atoms with Gasteiger partial charge >= 0.3 is 0 Å². The van der Waals surface area contributed by atoms with Gasteiger partial charge in [0, 0.05) is 48.3 Å². The van der Waals surface area contributed by atoms with E-state index in [0.717, 1.165) is 33.9 Å². The molecule has 0 amide bonds. The molecule has 1 aliphatic rings. The second-order valence-electron chi connectivity index (χ2n) is 8.68. The highest BCUT2D eigenvalue weighted by molar-refractivity contribution is 5.96. The molecule has 33 heavy (non-hydrogen) atoms. The predicted octanol–water partition coefficient (Wildman–Crippen LogP) is 5.50. The lowest BCUT2D eigenvalue weighted by Gasteiger charge is -2.05. The van der Waals surface area contributed by atoms with Crippen molar-refractivity contribution in [3.05, 3.63) is 107 Å². The molecule has 2 atom stereocenters. The van der Waals surface area contributed by atoms with E-state index < -0.39 is 5.95 Å². The van der Waals surface area contributed by atoms with Gasteiger partial charge in [-0.1, -0.05) is 48.5 Å². The summed E-state index contributed by atoms with van der Waals surface area (Å²) < 4.78 is 12.9. The Balaban J connectivity index is 1.16. The Morgan fingerprint density at radius 1 is 0.909 bits per heavy atom. The van der Waals surface area contributed by atoms with Crippen molar-refractivity contribution in [3.63, 3.8) is 0 Å². The number of nitrogens with zero attached hydrogens (tertiary/aromatic N) is 2. The third kappa shape index (κ3) is 4.87. The Labute approximate surface area is 191 Å². The normalized spacial score (nSPS) is 17.1. The van der Waals surface area contributed by atoms with Gasteiger partial charge in [-0.2, -0.15) is 4.39 Å². The minimum atomic E-state index is -0.521. The van der Waals surface area contributed by atoms with Crippen LogP contribution in [0, 0.1) is 11.9 Å². The average molecular weight is 439 g/mol. The Morgan fingerprint density at radius 2 is 1.73 bits per heavy atom. The monoisotopic (exact) mass is 438 g/mol. The van der Waals surface area contributed by atoms with Gasteiger partial charge in [0.25, 0.3) is 0 Å². The molecule has 2 aromatic heterocycles. The van der Waals surface area contributed by atoms with Crippen LogP contribution in [0.2, 0.25) is 0 Å². The van der Waals surface area contributed by atoms with E-state index in [4.69, 9.17) is 0 Å². The Hall–Kier alpha value is -3.73. The molecule has 1 aliphatic carbocycles. The standard InChI is InChI=1S/C28H23FN2O2/c29-28-10-3-18(16-31-28)2-9-26(32)21-7-5-20(6-8-21)24-15-25(24)27(33)14-19-1-4-23-17-30-12-11-22(23)13-19/h1,3-8,10-13,16-17,24-25H,2,9,14-15H2/t24-,25+/m0/s1. The minimum Gasteiger partial charge on any atom is -0.299 e. The van der Waals surface area contributed by atoms with Crippen LogP contribution in [0.25, 0.3) is 10.8 Å². The lowest BCUT2D eigenvalue weighted by atomic mass is 9.99. The van der Waals surface area contributed by atoms with Crippen molar-refractivity contribution in [3.8, 4) is 0 Å². The molecule has 164 valence electrons. The van der Waals surface area contributed by atoms with Crippen LogP contribution in [0.1, 0.15) is 45.8 Å². The van der Waals surface area contributed by atoms with E-state index in [1.165, 1.54) is 12.3 Å². The summed E-state index contributed by atoms with van der Waals surface area (Å²) >= 11 is 0. The number of halogens is 1. The number of carbonyl (C=O) groups excluding carboxylic acids is 2. The smallest absolute Gasteiger partial charge is 0.212 e. The molecule has 0 aliphatic heterocycles. The molecule has 1 fully saturated rings. The summed E-state index contributed by atoms with van der Waals surface area (Å²) in [7, 11) is 0. The molecule has 4 nitrogen and oxygen atoms in total. The topological polar surface area (TPSA) is 59.9 Å². The molecule has 0 radical (unpaired) electrons. The van der Waals surface area contributed by atoms with Gasteiger partial charge in [0.1, 0.15) is 5.78 Å². The number of rotatable bonds is 8. The minimum absolute atomic E-state index is 0.0424. The van der Waals surface area contributed by atoms with Gasteiger partial charge in [-0.05, 0) is 53.0 Å². The number of hydrogen-bond donors (Lipinski definition) is 0. The highest BCUT2D eigenvalue weighted by Gasteiger charge is 2.43. The zero-order valence-electron chi connectivity index (χ0n) is 18.1. The van der Waals surface area contributed by atoms with E-state index in [1.807, 2.05) is 48.7 Å². The van der Waals surface area contributed by atoms with Crippen molar-refractivity contribution in [2.75, 3.05) is 0 Å². The molecule has 5 rings (SSSR count). The second-order valence-corrected chi connectivity index (χ2v) is 8.68. The largest absolute Gasteiger partial charge is 0.299 e. The van der Waals surface area contributed by atoms with Gasteiger partial charge in [0.15, 0.2) is 5.78 Å². The summed E-state index contributed by atoms with van der Waals surface area (Å²) in [4.78, 5) is 33.1. The van der Waals surface area contributed by atoms with E-state index in [-0.39, 0.29) is 23.4 Å². The Kier molecular flexibility index (Phi) is 5.78. The molecule has 1 saturated carbocycles. The number of Topliss-reactive ketones (excluding diaryl/α,β-unsaturated/α-hetero) is 2. The molecule has 0 saturated heterocycles. The summed E-state index contributed by atoms with van der Waals surface area (Å²) in [6, 6.07) is 18.6. The van der Waals surface area contributed by atoms with Crippen LogP contribution in [0.3, 0.4) is 0 Å². The van der Waals surface area contributed by atoms with E-state index in [2.05, 4.69) is 16.0 Å². The lowest BCUT2D eigenvalue weighted by Crippen LogP contribution is -2.06. The average Bonchev–Trinajstić information content (AvgIpc) is 3.65. The molecule has 2 heterocycles. The van der Waals surface area contributed by atoms with Crippen LogP contribution >= 0.6 is 0 Å². The number of aromatic nitrogens is 2. The van der Waals surface area contributed by atoms with Gasteiger partial charge in [0.05, 0.1) is 0 Å². The van der Waals surface area contributed by atoms with Crippen molar-refractivity contribution >= 4 is 22.3 Å². The van der Waals surface area contributed by atoms with Crippen LogP contribution in [-0.4, -0.2) is 21.5 Å². The molecule has 0 spiro atoms. The van der Waals surface area contributed by atoms with Gasteiger partial charge in [0.2, 0.25) is 5.95 Å². The first-order chi connectivity index (χ1) is 16.1. The van der Waals surface area contributed by atoms with Gasteiger partial charge in [-0.3, -0.25) is 14.6 Å². The molecule has 5 heteroatoms. The fourth-order valence-electron chi connectivity index (χ4n) is 4.37. The number of aryl methyl sites for hydroxylation is 1. The fraction of sp³-hybridized carbons (Fsp3) is 0.214. The maximum absolute atomic E-state index is 12.9. The summed E-state index contributed by atoms with van der Waals surface area (Å²) in [5.41, 5.74) is 3.63. The Bertz CT molecular complexity index is 1320. The van der Waals surface area contributed by atoms with Crippen molar-refractivity contribution in [1.29, 1.82) is 0 Å². The second kappa shape index (κ2) is 9.02. The summed E-state index contributed by atoms with van der Waals surface area (Å²) in [5, 5.41) is 2.17. The fourth-order valence-corrected chi connectivity index (χ4v) is 4.37. The van der Waals surface area contributed by atoms with Crippen LogP contribution in [0.15, 0.2) is 79.3 Å². The van der Waals surface area contributed by atoms with Gasteiger partial charge in [-0.15, -0.1) is 0 Å². The van der Waals surface area contributed by atoms with Crippen LogP contribution in [0.5, 0.6) is 0 Å². The molecular formula is C28H23FN2O2. The number of ketones is 2. The number of carbonyl (C=O) groups is 2. The predicted molar refractivity (Wildman–Crippen MR) is 125 cm³/mol. The highest BCUT2D eigenvalue weighted by Crippen LogP contribution is 2.48. The van der Waals surface area contributed by atoms with Crippen LogP contribution in [-0.2, 0) is 17.6 Å². The number of benzene rings is 2. The molecule has 0 unspecified atom stereocenters. The highest BCUT2D eigenvalue weighted by atomic mass is 19.1. The van der Waals surface area contributed by atoms with E-state index in [1.54, 1.807) is 12.3 Å². The van der Waals surface area contributed by atoms with E-state index in [0.29, 0.717) is 24.8 Å². The first kappa shape index (κ1) is 21.1. The zero-order chi connectivity index (χ0) is 22.8. The molecule has 0 N–H and O–H groups in total. The maximum atomic E-state index is 12.9. The third-order valence-corrected chi connectivity index (χ3v) is 6.38.